The minimum absolute atomic E-state index is 0.265. The van der Waals surface area contributed by atoms with Crippen LogP contribution in [0.3, 0.4) is 0 Å². The fourth-order valence-corrected chi connectivity index (χ4v) is 1.19. The lowest BCUT2D eigenvalue weighted by Crippen LogP contribution is -2.47. The molecule has 2 nitrogen and oxygen atoms in total. The zero-order chi connectivity index (χ0) is 6.85. The van der Waals surface area contributed by atoms with Crippen LogP contribution in [0.25, 0.3) is 0 Å². The molecule has 1 fully saturated rings. The van der Waals surface area contributed by atoms with E-state index in [2.05, 4.69) is 11.9 Å². The Morgan fingerprint density at radius 2 is 2.22 bits per heavy atom. The van der Waals surface area contributed by atoms with Gasteiger partial charge in [0.1, 0.15) is 6.29 Å². The lowest BCUT2D eigenvalue weighted by atomic mass is 9.89. The van der Waals surface area contributed by atoms with E-state index < -0.39 is 0 Å². The first-order valence-electron chi connectivity index (χ1n) is 3.38. The summed E-state index contributed by atoms with van der Waals surface area (Å²) in [6, 6.07) is 0. The number of hydrogen-bond acceptors (Lipinski definition) is 2. The number of likely N-dealkylation sites (tertiary alicyclic amines) is 1. The van der Waals surface area contributed by atoms with Crippen molar-refractivity contribution in [3.05, 3.63) is 0 Å². The van der Waals surface area contributed by atoms with Gasteiger partial charge in [0.05, 0.1) is 0 Å². The van der Waals surface area contributed by atoms with E-state index >= 15 is 0 Å². The van der Waals surface area contributed by atoms with Gasteiger partial charge in [0.2, 0.25) is 0 Å². The third kappa shape index (κ3) is 1.30. The van der Waals surface area contributed by atoms with Crippen molar-refractivity contribution in [2.45, 2.75) is 6.92 Å². The van der Waals surface area contributed by atoms with Crippen LogP contribution in [-0.2, 0) is 4.79 Å². The first-order chi connectivity index (χ1) is 4.24. The molecule has 0 aromatic rings. The predicted octanol–water partition coefficient (Wildman–Crippen LogP) is 0.383. The molecule has 0 spiro atoms. The van der Waals surface area contributed by atoms with Crippen molar-refractivity contribution in [2.75, 3.05) is 20.1 Å². The van der Waals surface area contributed by atoms with Gasteiger partial charge in [0.15, 0.2) is 0 Å². The summed E-state index contributed by atoms with van der Waals surface area (Å²) in [6.45, 7) is 4.19. The maximum Gasteiger partial charge on any atom is 0.123 e. The Morgan fingerprint density at radius 1 is 1.67 bits per heavy atom. The average molecular weight is 127 g/mol. The van der Waals surface area contributed by atoms with Gasteiger partial charge in [-0.15, -0.1) is 0 Å². The fourth-order valence-electron chi connectivity index (χ4n) is 1.19. The molecule has 0 aromatic carbocycles. The Balaban J connectivity index is 2.23. The van der Waals surface area contributed by atoms with E-state index in [9.17, 15) is 4.79 Å². The van der Waals surface area contributed by atoms with Crippen LogP contribution in [0.4, 0.5) is 0 Å². The maximum atomic E-state index is 10.2. The molecule has 0 N–H and O–H groups in total. The molecule has 1 heterocycles. The van der Waals surface area contributed by atoms with Gasteiger partial charge in [0.25, 0.3) is 0 Å². The Hall–Kier alpha value is -0.370. The summed E-state index contributed by atoms with van der Waals surface area (Å²) in [7, 11) is 2.08. The SMILES string of the molecule is CC(C=O)C1CN(C)C1. The van der Waals surface area contributed by atoms with E-state index in [1.165, 1.54) is 0 Å². The van der Waals surface area contributed by atoms with Crippen LogP contribution in [0, 0.1) is 11.8 Å². The van der Waals surface area contributed by atoms with E-state index in [1.807, 2.05) is 6.92 Å². The predicted molar refractivity (Wildman–Crippen MR) is 36.2 cm³/mol. The molecule has 0 bridgehead atoms. The van der Waals surface area contributed by atoms with Crippen LogP contribution >= 0.6 is 0 Å². The smallest absolute Gasteiger partial charge is 0.123 e. The average Bonchev–Trinajstić information content (AvgIpc) is 1.79. The van der Waals surface area contributed by atoms with Crippen LogP contribution in [0.5, 0.6) is 0 Å². The second-order valence-electron chi connectivity index (χ2n) is 2.98. The minimum atomic E-state index is 0.265. The van der Waals surface area contributed by atoms with Gasteiger partial charge in [-0.2, -0.15) is 0 Å². The highest BCUT2D eigenvalue weighted by Crippen LogP contribution is 2.19. The highest BCUT2D eigenvalue weighted by Gasteiger charge is 2.27. The summed E-state index contributed by atoms with van der Waals surface area (Å²) in [4.78, 5) is 12.5. The van der Waals surface area contributed by atoms with Crippen molar-refractivity contribution in [1.29, 1.82) is 0 Å². The van der Waals surface area contributed by atoms with Crippen molar-refractivity contribution < 1.29 is 4.79 Å². The van der Waals surface area contributed by atoms with Crippen LogP contribution in [0.1, 0.15) is 6.92 Å². The van der Waals surface area contributed by atoms with Gasteiger partial charge < -0.3 is 9.69 Å². The van der Waals surface area contributed by atoms with Gasteiger partial charge in [-0.25, -0.2) is 0 Å². The number of rotatable bonds is 2. The molecule has 2 heteroatoms. The molecule has 0 saturated carbocycles. The number of carbonyl (C=O) groups excluding carboxylic acids is 1. The van der Waals surface area contributed by atoms with Crippen LogP contribution in [0.15, 0.2) is 0 Å². The molecule has 52 valence electrons. The molecule has 1 unspecified atom stereocenters. The first kappa shape index (κ1) is 6.75. The highest BCUT2D eigenvalue weighted by atomic mass is 16.1. The van der Waals surface area contributed by atoms with Crippen LogP contribution < -0.4 is 0 Å². The molecule has 9 heavy (non-hydrogen) atoms. The molecule has 0 radical (unpaired) electrons. The first-order valence-corrected chi connectivity index (χ1v) is 3.38. The number of nitrogens with zero attached hydrogens (tertiary/aromatic N) is 1. The summed E-state index contributed by atoms with van der Waals surface area (Å²) >= 11 is 0. The summed E-state index contributed by atoms with van der Waals surface area (Å²) in [5.41, 5.74) is 0. The van der Waals surface area contributed by atoms with Gasteiger partial charge in [0, 0.05) is 19.0 Å². The minimum Gasteiger partial charge on any atom is -0.306 e. The third-order valence-corrected chi connectivity index (χ3v) is 2.05. The summed E-state index contributed by atoms with van der Waals surface area (Å²) in [5.74, 6) is 0.897. The maximum absolute atomic E-state index is 10.2. The van der Waals surface area contributed by atoms with E-state index in [1.54, 1.807) is 0 Å². The number of hydrogen-bond donors (Lipinski definition) is 0. The van der Waals surface area contributed by atoms with Crippen molar-refractivity contribution in [2.24, 2.45) is 11.8 Å². The second kappa shape index (κ2) is 2.48. The molecule has 1 saturated heterocycles. The van der Waals surface area contributed by atoms with Gasteiger partial charge in [-0.1, -0.05) is 6.92 Å². The summed E-state index contributed by atoms with van der Waals surface area (Å²) in [5, 5.41) is 0. The van der Waals surface area contributed by atoms with Crippen LogP contribution in [-0.4, -0.2) is 31.3 Å². The van der Waals surface area contributed by atoms with E-state index in [-0.39, 0.29) is 5.92 Å². The van der Waals surface area contributed by atoms with E-state index in [0.29, 0.717) is 5.92 Å². The molecule has 0 amide bonds. The molecule has 1 aliphatic rings. The zero-order valence-electron chi connectivity index (χ0n) is 6.00. The zero-order valence-corrected chi connectivity index (χ0v) is 6.00. The number of aldehydes is 1. The largest absolute Gasteiger partial charge is 0.306 e. The van der Waals surface area contributed by atoms with Crippen molar-refractivity contribution >= 4 is 6.29 Å². The molecule has 0 aromatic heterocycles. The topological polar surface area (TPSA) is 20.3 Å². The second-order valence-corrected chi connectivity index (χ2v) is 2.98. The third-order valence-electron chi connectivity index (χ3n) is 2.05. The Labute approximate surface area is 55.8 Å². The Morgan fingerprint density at radius 3 is 2.56 bits per heavy atom. The van der Waals surface area contributed by atoms with Crippen molar-refractivity contribution in [1.82, 2.24) is 4.90 Å². The molecule has 1 rings (SSSR count). The lowest BCUT2D eigenvalue weighted by molar-refractivity contribution is -0.113. The summed E-state index contributed by atoms with van der Waals surface area (Å²) < 4.78 is 0. The van der Waals surface area contributed by atoms with E-state index in [0.717, 1.165) is 19.4 Å². The Kier molecular flexibility index (Phi) is 1.86. The molecule has 1 atom stereocenters. The lowest BCUT2D eigenvalue weighted by Gasteiger charge is -2.38. The molecular weight excluding hydrogens is 114 g/mol. The quantitative estimate of drug-likeness (QED) is 0.500. The number of carbonyl (C=O) groups is 1. The Bertz CT molecular complexity index is 107. The van der Waals surface area contributed by atoms with Crippen molar-refractivity contribution in [3.63, 3.8) is 0 Å². The highest BCUT2D eigenvalue weighted by molar-refractivity contribution is 5.53. The van der Waals surface area contributed by atoms with Gasteiger partial charge in [-0.05, 0) is 13.0 Å². The van der Waals surface area contributed by atoms with Crippen molar-refractivity contribution in [3.8, 4) is 0 Å². The monoisotopic (exact) mass is 127 g/mol. The summed E-state index contributed by atoms with van der Waals surface area (Å²) in [6.07, 6.45) is 1.05. The van der Waals surface area contributed by atoms with Gasteiger partial charge >= 0.3 is 0 Å². The fraction of sp³-hybridized carbons (Fsp3) is 0.857. The van der Waals surface area contributed by atoms with Crippen LogP contribution in [0.2, 0.25) is 0 Å². The molecule has 0 aliphatic carbocycles. The standard InChI is InChI=1S/C7H13NO/c1-6(5-9)7-3-8(2)4-7/h5-7H,3-4H2,1-2H3. The molecule has 1 aliphatic heterocycles. The normalized spacial score (nSPS) is 25.1. The molecular formula is C7H13NO. The van der Waals surface area contributed by atoms with E-state index in [4.69, 9.17) is 0 Å². The van der Waals surface area contributed by atoms with Gasteiger partial charge in [-0.3, -0.25) is 0 Å².